The highest BCUT2D eigenvalue weighted by atomic mass is 35.5. The van der Waals surface area contributed by atoms with Crippen molar-refractivity contribution >= 4 is 23.2 Å². The minimum Gasteiger partial charge on any atom is -0.495 e. The first-order chi connectivity index (χ1) is 9.52. The summed E-state index contributed by atoms with van der Waals surface area (Å²) in [5.41, 5.74) is 2.20. The highest BCUT2D eigenvalue weighted by Crippen LogP contribution is 2.28. The predicted octanol–water partition coefficient (Wildman–Crippen LogP) is 3.01. The second-order valence-corrected chi connectivity index (χ2v) is 4.65. The van der Waals surface area contributed by atoms with Crippen molar-refractivity contribution in [2.75, 3.05) is 12.4 Å². The fourth-order valence-electron chi connectivity index (χ4n) is 1.88. The van der Waals surface area contributed by atoms with Gasteiger partial charge in [0.05, 0.1) is 29.7 Å². The quantitative estimate of drug-likeness (QED) is 0.944. The van der Waals surface area contributed by atoms with Crippen LogP contribution in [0.5, 0.6) is 5.75 Å². The summed E-state index contributed by atoms with van der Waals surface area (Å²) in [6, 6.07) is 5.02. The molecule has 104 valence electrons. The number of nitrogens with zero attached hydrogens (tertiary/aromatic N) is 2. The molecule has 0 bridgehead atoms. The van der Waals surface area contributed by atoms with Gasteiger partial charge in [0.1, 0.15) is 12.1 Å². The second-order valence-electron chi connectivity index (χ2n) is 4.22. The summed E-state index contributed by atoms with van der Waals surface area (Å²) in [5.74, 6) is 0.246. The van der Waals surface area contributed by atoms with Crippen molar-refractivity contribution in [1.29, 1.82) is 0 Å². The van der Waals surface area contributed by atoms with Crippen molar-refractivity contribution < 1.29 is 9.53 Å². The molecule has 1 aromatic carbocycles. The summed E-state index contributed by atoms with van der Waals surface area (Å²) in [5, 5.41) is 3.28. The van der Waals surface area contributed by atoms with Gasteiger partial charge in [-0.25, -0.2) is 9.97 Å². The van der Waals surface area contributed by atoms with Gasteiger partial charge in [0.25, 0.3) is 5.91 Å². The van der Waals surface area contributed by atoms with Crippen LogP contribution >= 0.6 is 11.6 Å². The maximum Gasteiger partial charge on any atom is 0.259 e. The molecule has 2 rings (SSSR count). The van der Waals surface area contributed by atoms with Gasteiger partial charge >= 0.3 is 0 Å². The van der Waals surface area contributed by atoms with E-state index < -0.39 is 0 Å². The van der Waals surface area contributed by atoms with E-state index >= 15 is 0 Å². The first-order valence-electron chi connectivity index (χ1n) is 5.96. The lowest BCUT2D eigenvalue weighted by Crippen LogP contribution is -2.17. The van der Waals surface area contributed by atoms with Crippen molar-refractivity contribution in [3.05, 3.63) is 46.5 Å². The molecule has 0 aliphatic rings. The zero-order valence-electron chi connectivity index (χ0n) is 11.4. The zero-order valence-corrected chi connectivity index (χ0v) is 12.2. The predicted molar refractivity (Wildman–Crippen MR) is 77.5 cm³/mol. The molecule has 1 N–H and O–H groups in total. The Morgan fingerprint density at radius 3 is 2.50 bits per heavy atom. The molecule has 5 nitrogen and oxygen atoms in total. The lowest BCUT2D eigenvalue weighted by molar-refractivity contribution is 0.102. The molecule has 0 fully saturated rings. The first kappa shape index (κ1) is 14.3. The Labute approximate surface area is 122 Å². The molecule has 0 unspecified atom stereocenters. The van der Waals surface area contributed by atoms with Crippen molar-refractivity contribution in [2.24, 2.45) is 0 Å². The number of nitrogens with one attached hydrogen (secondary N) is 1. The van der Waals surface area contributed by atoms with Crippen LogP contribution in [0.15, 0.2) is 24.5 Å². The Bertz CT molecular complexity index is 639. The standard InChI is InChI=1S/C14H14ClN3O2/c1-8-13(9(2)17-7-16-8)14(19)18-11-6-10(15)4-5-12(11)20-3/h4-7H,1-3H3,(H,18,19). The SMILES string of the molecule is COc1ccc(Cl)cc1NC(=O)c1c(C)ncnc1C. The number of benzene rings is 1. The third kappa shape index (κ3) is 2.88. The molecule has 1 amide bonds. The lowest BCUT2D eigenvalue weighted by atomic mass is 10.1. The highest BCUT2D eigenvalue weighted by Gasteiger charge is 2.16. The maximum atomic E-state index is 12.3. The Hall–Kier alpha value is -2.14. The molecule has 0 spiro atoms. The van der Waals surface area contributed by atoms with Crippen LogP contribution in [-0.4, -0.2) is 23.0 Å². The van der Waals surface area contributed by atoms with Gasteiger partial charge in [-0.05, 0) is 32.0 Å². The number of aromatic nitrogens is 2. The summed E-state index contributed by atoms with van der Waals surface area (Å²) >= 11 is 5.93. The normalized spacial score (nSPS) is 10.2. The molecule has 0 atom stereocenters. The van der Waals surface area contributed by atoms with E-state index in [0.717, 1.165) is 0 Å². The molecule has 1 heterocycles. The van der Waals surface area contributed by atoms with Gasteiger partial charge in [0.15, 0.2) is 0 Å². The molecular weight excluding hydrogens is 278 g/mol. The largest absolute Gasteiger partial charge is 0.495 e. The van der Waals surface area contributed by atoms with Crippen molar-refractivity contribution in [3.63, 3.8) is 0 Å². The van der Waals surface area contributed by atoms with Crippen LogP contribution in [0.3, 0.4) is 0 Å². The Morgan fingerprint density at radius 1 is 1.25 bits per heavy atom. The number of hydrogen-bond donors (Lipinski definition) is 1. The third-order valence-electron chi connectivity index (χ3n) is 2.86. The van der Waals surface area contributed by atoms with Crippen LogP contribution in [-0.2, 0) is 0 Å². The number of ether oxygens (including phenoxy) is 1. The molecule has 6 heteroatoms. The van der Waals surface area contributed by atoms with Crippen LogP contribution in [0.2, 0.25) is 5.02 Å². The lowest BCUT2D eigenvalue weighted by Gasteiger charge is -2.12. The minimum atomic E-state index is -0.291. The topological polar surface area (TPSA) is 64.1 Å². The second kappa shape index (κ2) is 5.88. The third-order valence-corrected chi connectivity index (χ3v) is 3.10. The number of rotatable bonds is 3. The summed E-state index contributed by atoms with van der Waals surface area (Å²) in [6.45, 7) is 3.53. The molecular formula is C14H14ClN3O2. The van der Waals surface area contributed by atoms with E-state index in [0.29, 0.717) is 33.4 Å². The number of carbonyl (C=O) groups excluding carboxylic acids is 1. The van der Waals surface area contributed by atoms with Crippen LogP contribution < -0.4 is 10.1 Å². The average molecular weight is 292 g/mol. The van der Waals surface area contributed by atoms with Crippen LogP contribution in [0.1, 0.15) is 21.7 Å². The Balaban J connectivity index is 2.35. The Morgan fingerprint density at radius 2 is 1.90 bits per heavy atom. The number of hydrogen-bond acceptors (Lipinski definition) is 4. The van der Waals surface area contributed by atoms with Gasteiger partial charge in [0, 0.05) is 5.02 Å². The van der Waals surface area contributed by atoms with Gasteiger partial charge in [-0.3, -0.25) is 4.79 Å². The van der Waals surface area contributed by atoms with E-state index in [1.807, 2.05) is 0 Å². The molecule has 0 aliphatic heterocycles. The number of halogens is 1. The minimum absolute atomic E-state index is 0.291. The number of carbonyl (C=O) groups is 1. The first-order valence-corrected chi connectivity index (χ1v) is 6.34. The summed E-state index contributed by atoms with van der Waals surface area (Å²) in [4.78, 5) is 20.4. The molecule has 0 aliphatic carbocycles. The van der Waals surface area contributed by atoms with Crippen LogP contribution in [0, 0.1) is 13.8 Å². The van der Waals surface area contributed by atoms with E-state index in [2.05, 4.69) is 15.3 Å². The fourth-order valence-corrected chi connectivity index (χ4v) is 2.06. The molecule has 2 aromatic rings. The van der Waals surface area contributed by atoms with Gasteiger partial charge in [-0.15, -0.1) is 0 Å². The summed E-state index contributed by atoms with van der Waals surface area (Å²) in [6.07, 6.45) is 1.43. The van der Waals surface area contributed by atoms with Crippen molar-refractivity contribution in [1.82, 2.24) is 9.97 Å². The van der Waals surface area contributed by atoms with Crippen LogP contribution in [0.25, 0.3) is 0 Å². The molecule has 0 radical (unpaired) electrons. The maximum absolute atomic E-state index is 12.3. The fraction of sp³-hybridized carbons (Fsp3) is 0.214. The number of aryl methyl sites for hydroxylation is 2. The molecule has 1 aromatic heterocycles. The number of methoxy groups -OCH3 is 1. The smallest absolute Gasteiger partial charge is 0.259 e. The molecule has 0 saturated heterocycles. The summed E-state index contributed by atoms with van der Waals surface area (Å²) < 4.78 is 5.19. The zero-order chi connectivity index (χ0) is 14.7. The van der Waals surface area contributed by atoms with Crippen molar-refractivity contribution in [2.45, 2.75) is 13.8 Å². The van der Waals surface area contributed by atoms with Gasteiger partial charge < -0.3 is 10.1 Å². The number of amides is 1. The van der Waals surface area contributed by atoms with E-state index in [4.69, 9.17) is 16.3 Å². The van der Waals surface area contributed by atoms with Gasteiger partial charge in [-0.1, -0.05) is 11.6 Å². The Kier molecular flexibility index (Phi) is 4.20. The molecule has 0 saturated carbocycles. The highest BCUT2D eigenvalue weighted by molar-refractivity contribution is 6.31. The summed E-state index contributed by atoms with van der Waals surface area (Å²) in [7, 11) is 1.53. The molecule has 20 heavy (non-hydrogen) atoms. The van der Waals surface area contributed by atoms with E-state index in [1.54, 1.807) is 32.0 Å². The van der Waals surface area contributed by atoms with E-state index in [1.165, 1.54) is 13.4 Å². The monoisotopic (exact) mass is 291 g/mol. The van der Waals surface area contributed by atoms with Crippen LogP contribution in [0.4, 0.5) is 5.69 Å². The number of anilines is 1. The van der Waals surface area contributed by atoms with Gasteiger partial charge in [0.2, 0.25) is 0 Å². The van der Waals surface area contributed by atoms with Crippen molar-refractivity contribution in [3.8, 4) is 5.75 Å². The van der Waals surface area contributed by atoms with E-state index in [-0.39, 0.29) is 5.91 Å². The van der Waals surface area contributed by atoms with Gasteiger partial charge in [-0.2, -0.15) is 0 Å². The van der Waals surface area contributed by atoms with E-state index in [9.17, 15) is 4.79 Å². The average Bonchev–Trinajstić information content (AvgIpc) is 2.38.